The van der Waals surface area contributed by atoms with Crippen LogP contribution in [0.2, 0.25) is 0 Å². The molecule has 0 saturated heterocycles. The van der Waals surface area contributed by atoms with E-state index in [1.807, 2.05) is 6.07 Å². The van der Waals surface area contributed by atoms with Gasteiger partial charge in [-0.3, -0.25) is 0 Å². The maximum absolute atomic E-state index is 8.58. The monoisotopic (exact) mass is 230 g/mol. The van der Waals surface area contributed by atoms with Crippen LogP contribution in [0.5, 0.6) is 0 Å². The van der Waals surface area contributed by atoms with Crippen LogP contribution in [-0.4, -0.2) is 13.1 Å². The largest absolute Gasteiger partial charge is 0.316 e. The lowest BCUT2D eigenvalue weighted by molar-refractivity contribution is 0.319. The smallest absolute Gasteiger partial charge is 0.0621 e. The molecule has 0 aliphatic heterocycles. The Bertz CT molecular complexity index is 349. The molecule has 0 spiro atoms. The second kappa shape index (κ2) is 7.09. The number of benzene rings is 1. The third kappa shape index (κ3) is 6.09. The average molecular weight is 230 g/mol. The van der Waals surface area contributed by atoms with E-state index < -0.39 is 0 Å². The van der Waals surface area contributed by atoms with Crippen LogP contribution in [0, 0.1) is 16.7 Å². The molecule has 1 N–H and O–H groups in total. The van der Waals surface area contributed by atoms with Crippen molar-refractivity contribution in [1.82, 2.24) is 5.32 Å². The summed E-state index contributed by atoms with van der Waals surface area (Å²) < 4.78 is 0. The van der Waals surface area contributed by atoms with Gasteiger partial charge in [0.05, 0.1) is 6.07 Å². The zero-order valence-corrected chi connectivity index (χ0v) is 10.9. The highest BCUT2D eigenvalue weighted by Crippen LogP contribution is 2.20. The van der Waals surface area contributed by atoms with Gasteiger partial charge in [0.1, 0.15) is 0 Å². The molecule has 1 aromatic carbocycles. The van der Waals surface area contributed by atoms with Crippen molar-refractivity contribution < 1.29 is 0 Å². The van der Waals surface area contributed by atoms with E-state index in [-0.39, 0.29) is 5.41 Å². The Kier molecular flexibility index (Phi) is 5.72. The molecule has 1 rings (SSSR count). The SMILES string of the molecule is CC(C)(CCC#N)CNCCc1ccccc1. The van der Waals surface area contributed by atoms with E-state index in [1.54, 1.807) is 0 Å². The normalized spacial score (nSPS) is 11.1. The Morgan fingerprint density at radius 2 is 1.94 bits per heavy atom. The maximum Gasteiger partial charge on any atom is 0.0621 e. The van der Waals surface area contributed by atoms with E-state index in [0.717, 1.165) is 25.9 Å². The van der Waals surface area contributed by atoms with Gasteiger partial charge < -0.3 is 5.32 Å². The van der Waals surface area contributed by atoms with Crippen LogP contribution in [0.3, 0.4) is 0 Å². The first-order valence-corrected chi connectivity index (χ1v) is 6.26. The first-order valence-electron chi connectivity index (χ1n) is 6.26. The summed E-state index contributed by atoms with van der Waals surface area (Å²) in [4.78, 5) is 0. The fraction of sp³-hybridized carbons (Fsp3) is 0.533. The first-order chi connectivity index (χ1) is 8.14. The number of nitriles is 1. The van der Waals surface area contributed by atoms with Crippen molar-refractivity contribution in [2.45, 2.75) is 33.1 Å². The summed E-state index contributed by atoms with van der Waals surface area (Å²) in [5, 5.41) is 12.1. The minimum atomic E-state index is 0.215. The summed E-state index contributed by atoms with van der Waals surface area (Å²) in [6.45, 7) is 6.39. The van der Waals surface area contributed by atoms with Gasteiger partial charge in [-0.05, 0) is 30.4 Å². The molecule has 0 aliphatic rings. The van der Waals surface area contributed by atoms with Crippen LogP contribution in [0.1, 0.15) is 32.3 Å². The van der Waals surface area contributed by atoms with Crippen LogP contribution < -0.4 is 5.32 Å². The highest BCUT2D eigenvalue weighted by Gasteiger charge is 2.16. The topological polar surface area (TPSA) is 35.8 Å². The molecule has 92 valence electrons. The Balaban J connectivity index is 2.18. The van der Waals surface area contributed by atoms with E-state index in [1.165, 1.54) is 5.56 Å². The lowest BCUT2D eigenvalue weighted by atomic mass is 9.88. The van der Waals surface area contributed by atoms with Gasteiger partial charge in [-0.25, -0.2) is 0 Å². The minimum absolute atomic E-state index is 0.215. The molecule has 0 heterocycles. The standard InChI is InChI=1S/C15H22N2/c1-15(2,10-6-11-16)13-17-12-9-14-7-4-3-5-8-14/h3-5,7-8,17H,6,9-10,12-13H2,1-2H3. The summed E-state index contributed by atoms with van der Waals surface area (Å²) in [7, 11) is 0. The Morgan fingerprint density at radius 1 is 1.24 bits per heavy atom. The summed E-state index contributed by atoms with van der Waals surface area (Å²) in [6.07, 6.45) is 2.67. The molecule has 0 amide bonds. The fourth-order valence-electron chi connectivity index (χ4n) is 1.79. The summed E-state index contributed by atoms with van der Waals surface area (Å²) in [5.41, 5.74) is 1.58. The molecule has 2 nitrogen and oxygen atoms in total. The Hall–Kier alpha value is -1.33. The van der Waals surface area contributed by atoms with Crippen molar-refractivity contribution in [2.24, 2.45) is 5.41 Å². The number of rotatable bonds is 7. The maximum atomic E-state index is 8.58. The molecular formula is C15H22N2. The fourth-order valence-corrected chi connectivity index (χ4v) is 1.79. The lowest BCUT2D eigenvalue weighted by Crippen LogP contribution is -2.30. The third-order valence-corrected chi connectivity index (χ3v) is 2.95. The molecule has 0 atom stereocenters. The van der Waals surface area contributed by atoms with E-state index >= 15 is 0 Å². The van der Waals surface area contributed by atoms with Gasteiger partial charge in [-0.2, -0.15) is 5.26 Å². The van der Waals surface area contributed by atoms with Gasteiger partial charge >= 0.3 is 0 Å². The predicted octanol–water partition coefficient (Wildman–Crippen LogP) is 3.15. The van der Waals surface area contributed by atoms with Crippen molar-refractivity contribution in [3.63, 3.8) is 0 Å². The molecular weight excluding hydrogens is 208 g/mol. The van der Waals surface area contributed by atoms with Gasteiger partial charge in [0, 0.05) is 13.0 Å². The summed E-state index contributed by atoms with van der Waals surface area (Å²) >= 11 is 0. The second-order valence-corrected chi connectivity index (χ2v) is 5.23. The van der Waals surface area contributed by atoms with Crippen molar-refractivity contribution in [3.05, 3.63) is 35.9 Å². The van der Waals surface area contributed by atoms with Crippen LogP contribution in [-0.2, 0) is 6.42 Å². The van der Waals surface area contributed by atoms with Crippen LogP contribution >= 0.6 is 0 Å². The summed E-state index contributed by atoms with van der Waals surface area (Å²) in [6, 6.07) is 12.7. The third-order valence-electron chi connectivity index (χ3n) is 2.95. The first kappa shape index (κ1) is 13.7. The molecule has 17 heavy (non-hydrogen) atoms. The zero-order valence-electron chi connectivity index (χ0n) is 10.9. The second-order valence-electron chi connectivity index (χ2n) is 5.23. The van der Waals surface area contributed by atoms with Gasteiger partial charge in [-0.15, -0.1) is 0 Å². The van der Waals surface area contributed by atoms with Crippen molar-refractivity contribution in [3.8, 4) is 6.07 Å². The van der Waals surface area contributed by atoms with Crippen molar-refractivity contribution in [1.29, 1.82) is 5.26 Å². The molecule has 0 bridgehead atoms. The van der Waals surface area contributed by atoms with Gasteiger partial charge in [-0.1, -0.05) is 44.2 Å². The predicted molar refractivity (Wildman–Crippen MR) is 71.6 cm³/mol. The molecule has 0 radical (unpaired) electrons. The summed E-state index contributed by atoms with van der Waals surface area (Å²) in [5.74, 6) is 0. The quantitative estimate of drug-likeness (QED) is 0.730. The minimum Gasteiger partial charge on any atom is -0.316 e. The van der Waals surface area contributed by atoms with Crippen LogP contribution in [0.4, 0.5) is 0 Å². The van der Waals surface area contributed by atoms with E-state index in [4.69, 9.17) is 5.26 Å². The average Bonchev–Trinajstić information content (AvgIpc) is 2.34. The van der Waals surface area contributed by atoms with Crippen molar-refractivity contribution >= 4 is 0 Å². The number of nitrogens with zero attached hydrogens (tertiary/aromatic N) is 1. The Labute approximate surface area is 105 Å². The van der Waals surface area contributed by atoms with E-state index in [0.29, 0.717) is 6.42 Å². The van der Waals surface area contributed by atoms with Gasteiger partial charge in [0.2, 0.25) is 0 Å². The number of nitrogens with one attached hydrogen (secondary N) is 1. The van der Waals surface area contributed by atoms with Gasteiger partial charge in [0.25, 0.3) is 0 Å². The van der Waals surface area contributed by atoms with Crippen LogP contribution in [0.25, 0.3) is 0 Å². The highest BCUT2D eigenvalue weighted by molar-refractivity contribution is 5.14. The molecule has 0 aromatic heterocycles. The lowest BCUT2D eigenvalue weighted by Gasteiger charge is -2.23. The number of hydrogen-bond acceptors (Lipinski definition) is 2. The molecule has 0 fully saturated rings. The highest BCUT2D eigenvalue weighted by atomic mass is 14.9. The molecule has 0 saturated carbocycles. The zero-order chi connectivity index (χ0) is 12.6. The van der Waals surface area contributed by atoms with Crippen LogP contribution in [0.15, 0.2) is 30.3 Å². The molecule has 1 aromatic rings. The van der Waals surface area contributed by atoms with Gasteiger partial charge in [0.15, 0.2) is 0 Å². The molecule has 2 heteroatoms. The van der Waals surface area contributed by atoms with E-state index in [9.17, 15) is 0 Å². The van der Waals surface area contributed by atoms with Crippen molar-refractivity contribution in [2.75, 3.05) is 13.1 Å². The number of hydrogen-bond donors (Lipinski definition) is 1. The Morgan fingerprint density at radius 3 is 2.59 bits per heavy atom. The molecule has 0 unspecified atom stereocenters. The van der Waals surface area contributed by atoms with E-state index in [2.05, 4.69) is 49.5 Å². The molecule has 0 aliphatic carbocycles.